The summed E-state index contributed by atoms with van der Waals surface area (Å²) in [6.45, 7) is 29.0. The third kappa shape index (κ3) is 11.6. The molecule has 0 bridgehead atoms. The molecule has 0 aromatic heterocycles. The molecule has 0 aliphatic rings. The molecule has 7 aromatic carbocycles. The molecule has 0 nitrogen and oxygen atoms in total. The Bertz CT molecular complexity index is 2310. The molecule has 0 atom stereocenters. The van der Waals surface area contributed by atoms with Crippen LogP contribution in [0.4, 0.5) is 0 Å². The first kappa shape index (κ1) is 45.7. The van der Waals surface area contributed by atoms with Gasteiger partial charge >= 0.3 is 37.9 Å². The van der Waals surface area contributed by atoms with Gasteiger partial charge in [-0.1, -0.05) is 171 Å². The Kier molecular flexibility index (Phi) is 16.4. The molecule has 0 saturated heterocycles. The molecule has 2 radical (unpaired) electrons. The third-order valence-electron chi connectivity index (χ3n) is 10.4. The van der Waals surface area contributed by atoms with Gasteiger partial charge in [0, 0.05) is 9.52 Å². The van der Waals surface area contributed by atoms with Gasteiger partial charge in [0.1, 0.15) is 0 Å². The molecule has 0 amide bonds. The summed E-state index contributed by atoms with van der Waals surface area (Å²) in [5.41, 5.74) is 16.4. The molecule has 4 heteroatoms. The monoisotopic (exact) mass is 872 g/mol. The molecule has 0 saturated carbocycles. The van der Waals surface area contributed by atoms with Gasteiger partial charge in [0.25, 0.3) is 0 Å². The predicted molar refractivity (Wildman–Crippen MR) is 250 cm³/mol. The molecule has 0 aliphatic heterocycles. The van der Waals surface area contributed by atoms with E-state index in [-0.39, 0.29) is 10.8 Å². The van der Waals surface area contributed by atoms with Crippen LogP contribution in [0.5, 0.6) is 0 Å². The second kappa shape index (κ2) is 20.1. The van der Waals surface area contributed by atoms with E-state index >= 15 is 0 Å². The van der Waals surface area contributed by atoms with Crippen LogP contribution < -0.4 is 0 Å². The van der Waals surface area contributed by atoms with Crippen LogP contribution >= 0.6 is 17.0 Å². The van der Waals surface area contributed by atoms with Gasteiger partial charge in [-0.3, -0.25) is 0 Å². The van der Waals surface area contributed by atoms with Crippen molar-refractivity contribution in [2.24, 2.45) is 0 Å². The molecular weight excluding hydrogens is 815 g/mol. The summed E-state index contributed by atoms with van der Waals surface area (Å²) in [6.07, 6.45) is 0. The number of hydrogen-bond donors (Lipinski definition) is 0. The molecule has 0 N–H and O–H groups in total. The first-order valence-corrected chi connectivity index (χ1v) is 28.0. The Hall–Kier alpha value is -3.00. The number of fused-ring (bicyclic) bond motifs is 2. The third-order valence-corrected chi connectivity index (χ3v) is 10.4. The van der Waals surface area contributed by atoms with Crippen molar-refractivity contribution >= 4 is 48.1 Å². The second-order valence-corrected chi connectivity index (χ2v) is 22.0. The minimum atomic E-state index is -0.826. The van der Waals surface area contributed by atoms with Crippen LogP contribution in [-0.2, 0) is 31.7 Å². The van der Waals surface area contributed by atoms with Crippen LogP contribution in [0.1, 0.15) is 94.7 Å². The Balaban J connectivity index is 0.000000231. The average Bonchev–Trinajstić information content (AvgIpc) is 3.76. The predicted octanol–water partition coefficient (Wildman–Crippen LogP) is 16.9. The molecule has 7 rings (SSSR count). The number of benzene rings is 5. The number of halogens is 2. The van der Waals surface area contributed by atoms with Crippen molar-refractivity contribution in [3.63, 3.8) is 0 Å². The molecule has 0 fully saturated rings. The fourth-order valence-corrected chi connectivity index (χ4v) is 7.06. The Morgan fingerprint density at radius 1 is 0.554 bits per heavy atom. The van der Waals surface area contributed by atoms with Crippen molar-refractivity contribution in [1.82, 2.24) is 0 Å². The van der Waals surface area contributed by atoms with E-state index in [4.69, 9.17) is 17.0 Å². The van der Waals surface area contributed by atoms with Crippen molar-refractivity contribution in [1.29, 1.82) is 0 Å². The van der Waals surface area contributed by atoms with Crippen LogP contribution in [-0.4, -0.2) is 9.52 Å². The van der Waals surface area contributed by atoms with Gasteiger partial charge in [0.05, 0.1) is 0 Å². The van der Waals surface area contributed by atoms with Crippen molar-refractivity contribution < 1.29 is 20.8 Å². The van der Waals surface area contributed by atoms with Gasteiger partial charge in [-0.25, -0.2) is 0 Å². The van der Waals surface area contributed by atoms with E-state index in [1.807, 2.05) is 0 Å². The Morgan fingerprint density at radius 3 is 1.59 bits per heavy atom. The van der Waals surface area contributed by atoms with E-state index in [0.29, 0.717) is 5.92 Å². The molecule has 0 spiro atoms. The van der Waals surface area contributed by atoms with Gasteiger partial charge in [0.2, 0.25) is 0 Å². The summed E-state index contributed by atoms with van der Waals surface area (Å²) in [6, 6.07) is 45.4. The number of hydrogen-bond acceptors (Lipinski definition) is 0. The van der Waals surface area contributed by atoms with E-state index in [0.717, 1.165) is 9.52 Å². The van der Waals surface area contributed by atoms with Gasteiger partial charge in [-0.2, -0.15) is 12.1 Å². The molecule has 0 unspecified atom stereocenters. The zero-order valence-electron chi connectivity index (χ0n) is 35.9. The van der Waals surface area contributed by atoms with Crippen LogP contribution in [0.2, 0.25) is 13.1 Å². The first-order chi connectivity index (χ1) is 26.4. The summed E-state index contributed by atoms with van der Waals surface area (Å²) in [7, 11) is 11.0. The summed E-state index contributed by atoms with van der Waals surface area (Å²) in [5, 5.41) is 5.39. The zero-order valence-corrected chi connectivity index (χ0v) is 40.9. The topological polar surface area (TPSA) is 0 Å². The van der Waals surface area contributed by atoms with Crippen LogP contribution in [0.15, 0.2) is 121 Å². The quantitative estimate of drug-likeness (QED) is 0.122. The minimum absolute atomic E-state index is 0.168. The van der Waals surface area contributed by atoms with Crippen molar-refractivity contribution in [3.8, 4) is 33.4 Å². The van der Waals surface area contributed by atoms with E-state index in [1.165, 1.54) is 88.3 Å². The van der Waals surface area contributed by atoms with Gasteiger partial charge in [-0.15, -0.1) is 63.0 Å². The number of aryl methyl sites for hydroxylation is 2. The van der Waals surface area contributed by atoms with Crippen molar-refractivity contribution in [3.05, 3.63) is 155 Å². The van der Waals surface area contributed by atoms with Gasteiger partial charge < -0.3 is 0 Å². The van der Waals surface area contributed by atoms with E-state index in [1.54, 1.807) is 0 Å². The van der Waals surface area contributed by atoms with Crippen molar-refractivity contribution in [2.75, 3.05) is 0 Å². The number of rotatable bonds is 4. The molecule has 56 heavy (non-hydrogen) atoms. The molecule has 7 aromatic rings. The second-order valence-electron chi connectivity index (χ2n) is 17.3. The van der Waals surface area contributed by atoms with Crippen LogP contribution in [0.25, 0.3) is 54.9 Å². The average molecular weight is 875 g/mol. The van der Waals surface area contributed by atoms with Gasteiger partial charge in [-0.05, 0) is 69.5 Å². The van der Waals surface area contributed by atoms with Gasteiger partial charge in [0.15, 0.2) is 0 Å². The molecule has 0 heterocycles. The van der Waals surface area contributed by atoms with E-state index in [9.17, 15) is 0 Å². The molecular formula is C52H60Cl2SiZr. The molecule has 0 aliphatic carbocycles. The van der Waals surface area contributed by atoms with Crippen LogP contribution in [0.3, 0.4) is 0 Å². The first-order valence-electron chi connectivity index (χ1n) is 19.7. The standard InChI is InChI=1S/C30H33.C20H21.C2H6Si.2ClH.Zr/c1-20-16-24-18-23(21-8-12-25(13-9-21)29(2,3)4)19-28(27(24)17-20)22-10-14-26(15-11-22)30(5,6)7;1-13(2)17-11-16-8-6-10-19(20(16)12-17)18-9-5-7-14(3)15(18)4;1-3-2;;;/h8-19H,1-7H3;5-13H,1-4H3;1-2H3;2*1H;/q2*-1;;;;+4/p-2. The van der Waals surface area contributed by atoms with E-state index < -0.39 is 20.8 Å². The van der Waals surface area contributed by atoms with E-state index in [2.05, 4.69) is 211 Å². The summed E-state index contributed by atoms with van der Waals surface area (Å²) in [5.74, 6) is 0.578. The zero-order chi connectivity index (χ0) is 41.4. The molecule has 290 valence electrons. The maximum atomic E-state index is 4.93. The Labute approximate surface area is 360 Å². The fourth-order valence-electron chi connectivity index (χ4n) is 7.06. The van der Waals surface area contributed by atoms with Crippen LogP contribution in [0, 0.1) is 20.8 Å². The maximum absolute atomic E-state index is 4.93. The normalized spacial score (nSPS) is 11.3. The fraction of sp³-hybridized carbons (Fsp3) is 0.308. The van der Waals surface area contributed by atoms with Crippen molar-refractivity contribution in [2.45, 2.75) is 106 Å². The summed E-state index contributed by atoms with van der Waals surface area (Å²) in [4.78, 5) is 0. The SMILES string of the molecule is C[Si]C.Cc1cc2c(-c3ccc(C(C)(C)C)cc3)cc(-c3ccc(C(C)(C)C)cc3)cc2[cH-]1.Cc1cccc(-c2cccc3[cH-]c(C(C)C)cc23)c1C.[Cl][Zr+2][Cl]. The summed E-state index contributed by atoms with van der Waals surface area (Å²) >= 11 is -0.826. The Morgan fingerprint density at radius 2 is 1.05 bits per heavy atom. The summed E-state index contributed by atoms with van der Waals surface area (Å²) < 4.78 is 0.